The predicted octanol–water partition coefficient (Wildman–Crippen LogP) is 1.77. The Bertz CT molecular complexity index is 446. The SMILES string of the molecule is CC(C)(C)S(=O)CCNC(=O)C(N)c1ccccc1.Cl. The van der Waals surface area contributed by atoms with Gasteiger partial charge in [0.05, 0.1) is 0 Å². The fourth-order valence-corrected chi connectivity index (χ4v) is 2.39. The second kappa shape index (κ2) is 8.39. The van der Waals surface area contributed by atoms with E-state index in [4.69, 9.17) is 5.73 Å². The molecule has 1 aromatic carbocycles. The number of nitrogens with one attached hydrogen (secondary N) is 1. The molecule has 1 amide bonds. The molecule has 0 fully saturated rings. The highest BCUT2D eigenvalue weighted by atomic mass is 35.5. The van der Waals surface area contributed by atoms with Crippen molar-refractivity contribution >= 4 is 29.1 Å². The zero-order valence-corrected chi connectivity index (χ0v) is 13.7. The first kappa shape index (κ1) is 19.1. The Balaban J connectivity index is 0.00000361. The van der Waals surface area contributed by atoms with Crippen LogP contribution in [0, 0.1) is 0 Å². The van der Waals surface area contributed by atoms with Crippen molar-refractivity contribution in [2.24, 2.45) is 5.73 Å². The predicted molar refractivity (Wildman–Crippen MR) is 86.4 cm³/mol. The van der Waals surface area contributed by atoms with Gasteiger partial charge in [-0.2, -0.15) is 0 Å². The summed E-state index contributed by atoms with van der Waals surface area (Å²) < 4.78 is 11.6. The Morgan fingerprint density at radius 3 is 2.35 bits per heavy atom. The lowest BCUT2D eigenvalue weighted by Crippen LogP contribution is -2.37. The molecule has 0 saturated heterocycles. The van der Waals surface area contributed by atoms with Crippen LogP contribution in [0.25, 0.3) is 0 Å². The number of rotatable bonds is 5. The molecular formula is C14H23ClN2O2S. The lowest BCUT2D eigenvalue weighted by atomic mass is 10.1. The largest absolute Gasteiger partial charge is 0.354 e. The van der Waals surface area contributed by atoms with E-state index in [2.05, 4.69) is 5.32 Å². The molecular weight excluding hydrogens is 296 g/mol. The quantitative estimate of drug-likeness (QED) is 0.869. The van der Waals surface area contributed by atoms with E-state index in [-0.39, 0.29) is 23.1 Å². The molecule has 0 heterocycles. The molecule has 3 N–H and O–H groups in total. The first-order valence-electron chi connectivity index (χ1n) is 6.29. The van der Waals surface area contributed by atoms with Crippen LogP contribution in [0.1, 0.15) is 32.4 Å². The van der Waals surface area contributed by atoms with Crippen molar-refractivity contribution in [1.29, 1.82) is 0 Å². The van der Waals surface area contributed by atoms with Crippen LogP contribution < -0.4 is 11.1 Å². The average molecular weight is 319 g/mol. The zero-order valence-electron chi connectivity index (χ0n) is 12.1. The minimum absolute atomic E-state index is 0. The summed E-state index contributed by atoms with van der Waals surface area (Å²) >= 11 is 0. The van der Waals surface area contributed by atoms with Crippen LogP contribution in [0.15, 0.2) is 30.3 Å². The van der Waals surface area contributed by atoms with Crippen molar-refractivity contribution in [1.82, 2.24) is 5.32 Å². The van der Waals surface area contributed by atoms with E-state index < -0.39 is 16.8 Å². The highest BCUT2D eigenvalue weighted by molar-refractivity contribution is 7.86. The van der Waals surface area contributed by atoms with Gasteiger partial charge in [0, 0.05) is 27.8 Å². The zero-order chi connectivity index (χ0) is 14.5. The number of amides is 1. The third kappa shape index (κ3) is 6.03. The molecule has 0 aliphatic heterocycles. The molecule has 0 aliphatic rings. The number of hydrogen-bond donors (Lipinski definition) is 2. The molecule has 0 aromatic heterocycles. The Morgan fingerprint density at radius 1 is 1.30 bits per heavy atom. The lowest BCUT2D eigenvalue weighted by Gasteiger charge is -2.18. The van der Waals surface area contributed by atoms with Crippen molar-refractivity contribution in [2.75, 3.05) is 12.3 Å². The number of hydrogen-bond acceptors (Lipinski definition) is 3. The van der Waals surface area contributed by atoms with Crippen LogP contribution in [0.2, 0.25) is 0 Å². The fraction of sp³-hybridized carbons (Fsp3) is 0.500. The van der Waals surface area contributed by atoms with E-state index in [0.717, 1.165) is 5.56 Å². The summed E-state index contributed by atoms with van der Waals surface area (Å²) in [6.45, 7) is 6.13. The molecule has 20 heavy (non-hydrogen) atoms. The van der Waals surface area contributed by atoms with Gasteiger partial charge in [-0.25, -0.2) is 0 Å². The van der Waals surface area contributed by atoms with Crippen LogP contribution in [-0.4, -0.2) is 27.2 Å². The molecule has 0 bridgehead atoms. The fourth-order valence-electron chi connectivity index (χ4n) is 1.49. The molecule has 2 atom stereocenters. The molecule has 0 spiro atoms. The normalized spacial score (nSPS) is 14.0. The van der Waals surface area contributed by atoms with E-state index in [1.54, 1.807) is 0 Å². The number of halogens is 1. The first-order chi connectivity index (χ1) is 8.82. The summed E-state index contributed by atoms with van der Waals surface area (Å²) in [5.74, 6) is 0.202. The smallest absolute Gasteiger partial charge is 0.241 e. The maximum Gasteiger partial charge on any atom is 0.241 e. The number of benzene rings is 1. The van der Waals surface area contributed by atoms with Crippen molar-refractivity contribution < 1.29 is 9.00 Å². The summed E-state index contributed by atoms with van der Waals surface area (Å²) in [7, 11) is -0.967. The Hall–Kier alpha value is -0.910. The summed E-state index contributed by atoms with van der Waals surface area (Å²) in [6.07, 6.45) is 0. The molecule has 114 valence electrons. The molecule has 1 aromatic rings. The first-order valence-corrected chi connectivity index (χ1v) is 7.61. The van der Waals surface area contributed by atoms with E-state index in [1.165, 1.54) is 0 Å². The topological polar surface area (TPSA) is 72.2 Å². The van der Waals surface area contributed by atoms with Gasteiger partial charge in [-0.05, 0) is 26.3 Å². The molecule has 4 nitrogen and oxygen atoms in total. The van der Waals surface area contributed by atoms with E-state index >= 15 is 0 Å². The molecule has 1 rings (SSSR count). The van der Waals surface area contributed by atoms with Gasteiger partial charge in [-0.15, -0.1) is 12.4 Å². The maximum absolute atomic E-state index is 11.8. The van der Waals surface area contributed by atoms with Crippen LogP contribution in [0.5, 0.6) is 0 Å². The van der Waals surface area contributed by atoms with Crippen molar-refractivity contribution in [3.8, 4) is 0 Å². The minimum atomic E-state index is -0.967. The van der Waals surface area contributed by atoms with Crippen LogP contribution in [-0.2, 0) is 15.6 Å². The Morgan fingerprint density at radius 2 is 1.85 bits per heavy atom. The van der Waals surface area contributed by atoms with Gasteiger partial charge in [0.15, 0.2) is 0 Å². The molecule has 6 heteroatoms. The molecule has 0 aliphatic carbocycles. The Labute approximate surface area is 129 Å². The van der Waals surface area contributed by atoms with E-state index in [9.17, 15) is 9.00 Å². The summed E-state index contributed by atoms with van der Waals surface area (Å²) in [5, 5.41) is 2.73. The molecule has 0 radical (unpaired) electrons. The highest BCUT2D eigenvalue weighted by Gasteiger charge is 2.20. The second-order valence-electron chi connectivity index (χ2n) is 5.34. The average Bonchev–Trinajstić information content (AvgIpc) is 2.37. The lowest BCUT2D eigenvalue weighted by molar-refractivity contribution is -0.122. The van der Waals surface area contributed by atoms with Crippen molar-refractivity contribution in [3.05, 3.63) is 35.9 Å². The number of nitrogens with two attached hydrogens (primary N) is 1. The maximum atomic E-state index is 11.8. The van der Waals surface area contributed by atoms with Crippen molar-refractivity contribution in [2.45, 2.75) is 31.6 Å². The standard InChI is InChI=1S/C14H22N2O2S.ClH/c1-14(2,3)19(18)10-9-16-13(17)12(15)11-7-5-4-6-8-11;/h4-8,12H,9-10,15H2,1-3H3,(H,16,17);1H. The minimum Gasteiger partial charge on any atom is -0.354 e. The summed E-state index contributed by atoms with van der Waals surface area (Å²) in [6, 6.07) is 8.52. The van der Waals surface area contributed by atoms with Gasteiger partial charge < -0.3 is 11.1 Å². The van der Waals surface area contributed by atoms with E-state index in [0.29, 0.717) is 12.3 Å². The van der Waals surface area contributed by atoms with Gasteiger partial charge in [0.25, 0.3) is 0 Å². The third-order valence-electron chi connectivity index (χ3n) is 2.71. The summed E-state index contributed by atoms with van der Waals surface area (Å²) in [4.78, 5) is 11.8. The van der Waals surface area contributed by atoms with Gasteiger partial charge in [-0.3, -0.25) is 9.00 Å². The van der Waals surface area contributed by atoms with Gasteiger partial charge in [0.1, 0.15) is 6.04 Å². The molecule has 2 unspecified atom stereocenters. The second-order valence-corrected chi connectivity index (χ2v) is 7.67. The van der Waals surface area contributed by atoms with E-state index in [1.807, 2.05) is 51.1 Å². The third-order valence-corrected chi connectivity index (χ3v) is 4.65. The van der Waals surface area contributed by atoms with Gasteiger partial charge >= 0.3 is 0 Å². The highest BCUT2D eigenvalue weighted by Crippen LogP contribution is 2.11. The Kier molecular flexibility index (Phi) is 8.01. The van der Waals surface area contributed by atoms with Crippen molar-refractivity contribution in [3.63, 3.8) is 0 Å². The van der Waals surface area contributed by atoms with Gasteiger partial charge in [0.2, 0.25) is 5.91 Å². The van der Waals surface area contributed by atoms with Crippen LogP contribution in [0.3, 0.4) is 0 Å². The summed E-state index contributed by atoms with van der Waals surface area (Å²) in [5.41, 5.74) is 6.63. The number of carbonyl (C=O) groups is 1. The van der Waals surface area contributed by atoms with Crippen LogP contribution >= 0.6 is 12.4 Å². The molecule has 0 saturated carbocycles. The monoisotopic (exact) mass is 318 g/mol. The van der Waals surface area contributed by atoms with Gasteiger partial charge in [-0.1, -0.05) is 30.3 Å². The van der Waals surface area contributed by atoms with Crippen LogP contribution in [0.4, 0.5) is 0 Å². The number of carbonyl (C=O) groups excluding carboxylic acids is 1.